The molecular weight excluding hydrogens is 431 g/mol. The zero-order valence-electron chi connectivity index (χ0n) is 14.3. The van der Waals surface area contributed by atoms with Crippen molar-refractivity contribution in [2.75, 3.05) is 39.2 Å². The number of ether oxygens (including phenoxy) is 2. The number of hydrogen-bond donors (Lipinski definition) is 3. The largest absolute Gasteiger partial charge is 0.505 e. The molecule has 0 saturated heterocycles. The average Bonchev–Trinajstić information content (AvgIpc) is 2.95. The van der Waals surface area contributed by atoms with Crippen molar-refractivity contribution in [3.05, 3.63) is 33.2 Å². The summed E-state index contributed by atoms with van der Waals surface area (Å²) in [5.74, 6) is -4.40. The SMILES string of the molecule is COC(=O)C1=C(Nc2cc(Br)c(F)c(C(=O)OC)c2O)C(=O)N(CCO)C1. The highest BCUT2D eigenvalue weighted by Gasteiger charge is 2.35. The number of carbonyl (C=O) groups excluding carboxylic acids is 3. The van der Waals surface area contributed by atoms with E-state index in [9.17, 15) is 23.9 Å². The summed E-state index contributed by atoms with van der Waals surface area (Å²) < 4.78 is 23.1. The molecule has 0 aliphatic carbocycles. The normalized spacial score (nSPS) is 13.8. The van der Waals surface area contributed by atoms with Gasteiger partial charge in [0.25, 0.3) is 5.91 Å². The van der Waals surface area contributed by atoms with E-state index < -0.39 is 35.0 Å². The van der Waals surface area contributed by atoms with Crippen LogP contribution in [0, 0.1) is 5.82 Å². The molecule has 0 unspecified atom stereocenters. The second kappa shape index (κ2) is 8.35. The molecule has 146 valence electrons. The number of nitrogens with zero attached hydrogens (tertiary/aromatic N) is 1. The van der Waals surface area contributed by atoms with Gasteiger partial charge >= 0.3 is 11.9 Å². The van der Waals surface area contributed by atoms with Gasteiger partial charge in [-0.15, -0.1) is 0 Å². The van der Waals surface area contributed by atoms with E-state index >= 15 is 0 Å². The summed E-state index contributed by atoms with van der Waals surface area (Å²) in [6.45, 7) is -0.480. The number of amides is 1. The number of halogens is 2. The lowest BCUT2D eigenvalue weighted by atomic mass is 10.1. The van der Waals surface area contributed by atoms with Gasteiger partial charge in [0.1, 0.15) is 11.3 Å². The number of esters is 2. The maximum atomic E-state index is 14.2. The van der Waals surface area contributed by atoms with Gasteiger partial charge in [-0.2, -0.15) is 0 Å². The smallest absolute Gasteiger partial charge is 0.344 e. The molecule has 1 amide bonds. The van der Waals surface area contributed by atoms with Crippen molar-refractivity contribution in [1.29, 1.82) is 0 Å². The Kier molecular flexibility index (Phi) is 6.39. The molecule has 1 aliphatic heterocycles. The van der Waals surface area contributed by atoms with Crippen LogP contribution in [0.5, 0.6) is 5.75 Å². The molecule has 3 N–H and O–H groups in total. The molecule has 2 rings (SSSR count). The fourth-order valence-corrected chi connectivity index (χ4v) is 2.91. The van der Waals surface area contributed by atoms with Crippen molar-refractivity contribution >= 4 is 39.5 Å². The van der Waals surface area contributed by atoms with Crippen molar-refractivity contribution < 1.29 is 38.5 Å². The van der Waals surface area contributed by atoms with Crippen molar-refractivity contribution in [1.82, 2.24) is 4.90 Å². The number of aliphatic hydroxyl groups is 1. The van der Waals surface area contributed by atoms with Crippen LogP contribution in [-0.2, 0) is 19.1 Å². The number of anilines is 1. The minimum atomic E-state index is -1.13. The molecule has 0 atom stereocenters. The number of methoxy groups -OCH3 is 2. The van der Waals surface area contributed by atoms with Crippen LogP contribution in [0.1, 0.15) is 10.4 Å². The van der Waals surface area contributed by atoms with Crippen LogP contribution >= 0.6 is 15.9 Å². The Labute approximate surface area is 161 Å². The third-order valence-corrected chi connectivity index (χ3v) is 4.37. The summed E-state index contributed by atoms with van der Waals surface area (Å²) in [4.78, 5) is 37.4. The first-order valence-corrected chi connectivity index (χ1v) is 8.33. The van der Waals surface area contributed by atoms with E-state index in [0.29, 0.717) is 0 Å². The van der Waals surface area contributed by atoms with Crippen molar-refractivity contribution in [2.24, 2.45) is 0 Å². The zero-order valence-corrected chi connectivity index (χ0v) is 15.9. The highest BCUT2D eigenvalue weighted by atomic mass is 79.9. The van der Waals surface area contributed by atoms with Gasteiger partial charge < -0.3 is 29.9 Å². The fraction of sp³-hybridized carbons (Fsp3) is 0.312. The van der Waals surface area contributed by atoms with Gasteiger partial charge in [0, 0.05) is 6.54 Å². The molecule has 0 radical (unpaired) electrons. The Hall–Kier alpha value is -2.66. The Morgan fingerprint density at radius 1 is 1.33 bits per heavy atom. The summed E-state index contributed by atoms with van der Waals surface area (Å²) >= 11 is 2.92. The summed E-state index contributed by atoms with van der Waals surface area (Å²) in [6.07, 6.45) is 0. The predicted octanol–water partition coefficient (Wildman–Crippen LogP) is 0.754. The Bertz CT molecular complexity index is 841. The van der Waals surface area contributed by atoms with Crippen molar-refractivity contribution in [3.8, 4) is 5.75 Å². The lowest BCUT2D eigenvalue weighted by molar-refractivity contribution is -0.136. The first kappa shape index (κ1) is 20.6. The molecule has 0 spiro atoms. The lowest BCUT2D eigenvalue weighted by Crippen LogP contribution is -2.31. The van der Waals surface area contributed by atoms with Crippen LogP contribution in [0.15, 0.2) is 21.8 Å². The molecular formula is C16H16BrFN2O7. The van der Waals surface area contributed by atoms with Crippen LogP contribution < -0.4 is 5.32 Å². The van der Waals surface area contributed by atoms with Crippen LogP contribution in [0.3, 0.4) is 0 Å². The van der Waals surface area contributed by atoms with Crippen molar-refractivity contribution in [2.45, 2.75) is 0 Å². The second-order valence-electron chi connectivity index (χ2n) is 5.36. The first-order valence-electron chi connectivity index (χ1n) is 7.54. The molecule has 9 nitrogen and oxygen atoms in total. The molecule has 1 aromatic rings. The number of aliphatic hydroxyl groups excluding tert-OH is 1. The number of rotatable bonds is 6. The monoisotopic (exact) mass is 446 g/mol. The molecule has 1 heterocycles. The standard InChI is InChI=1S/C16H16BrFN2O7/c1-26-15(24)7-6-20(3-4-21)14(23)12(7)19-9-5-8(17)11(18)10(13(9)22)16(25)27-2/h5,19,21-22H,3-4,6H2,1-2H3. The molecule has 0 aromatic heterocycles. The quantitative estimate of drug-likeness (QED) is 0.431. The molecule has 11 heteroatoms. The van der Waals surface area contributed by atoms with Crippen LogP contribution in [0.25, 0.3) is 0 Å². The van der Waals surface area contributed by atoms with E-state index in [1.54, 1.807) is 0 Å². The van der Waals surface area contributed by atoms with Gasteiger partial charge in [-0.05, 0) is 22.0 Å². The van der Waals surface area contributed by atoms with Gasteiger partial charge in [0.05, 0.1) is 43.1 Å². The van der Waals surface area contributed by atoms with E-state index in [0.717, 1.165) is 20.3 Å². The molecule has 0 fully saturated rings. The van der Waals surface area contributed by atoms with E-state index in [1.165, 1.54) is 4.90 Å². The Morgan fingerprint density at radius 3 is 2.52 bits per heavy atom. The average molecular weight is 447 g/mol. The minimum Gasteiger partial charge on any atom is -0.505 e. The van der Waals surface area contributed by atoms with Gasteiger partial charge in [0.15, 0.2) is 11.6 Å². The molecule has 27 heavy (non-hydrogen) atoms. The molecule has 0 saturated carbocycles. The first-order chi connectivity index (χ1) is 12.8. The molecule has 1 aromatic carbocycles. The molecule has 1 aliphatic rings. The third-order valence-electron chi connectivity index (χ3n) is 3.79. The number of phenols is 1. The summed E-state index contributed by atoms with van der Waals surface area (Å²) in [5, 5.41) is 21.9. The summed E-state index contributed by atoms with van der Waals surface area (Å²) in [7, 11) is 2.15. The number of carbonyl (C=O) groups is 3. The van der Waals surface area contributed by atoms with Gasteiger partial charge in [-0.3, -0.25) is 4.79 Å². The lowest BCUT2D eigenvalue weighted by Gasteiger charge is -2.16. The van der Waals surface area contributed by atoms with Crippen molar-refractivity contribution in [3.63, 3.8) is 0 Å². The number of aromatic hydroxyl groups is 1. The number of benzene rings is 1. The zero-order chi connectivity index (χ0) is 20.3. The van der Waals surface area contributed by atoms with E-state index in [-0.39, 0.29) is 41.1 Å². The maximum Gasteiger partial charge on any atom is 0.344 e. The maximum absolute atomic E-state index is 14.2. The fourth-order valence-electron chi connectivity index (χ4n) is 2.48. The topological polar surface area (TPSA) is 125 Å². The Balaban J connectivity index is 2.53. The third kappa shape index (κ3) is 3.88. The minimum absolute atomic E-state index is 0.0307. The number of phenolic OH excluding ortho intramolecular Hbond substituents is 1. The van der Waals surface area contributed by atoms with Crippen LogP contribution in [0.2, 0.25) is 0 Å². The molecule has 0 bridgehead atoms. The summed E-state index contributed by atoms with van der Waals surface area (Å²) in [6, 6.07) is 1.10. The van der Waals surface area contributed by atoms with Gasteiger partial charge in [-0.25, -0.2) is 14.0 Å². The number of hydrogen-bond acceptors (Lipinski definition) is 8. The van der Waals surface area contributed by atoms with E-state index in [1.807, 2.05) is 0 Å². The van der Waals surface area contributed by atoms with Gasteiger partial charge in [0.2, 0.25) is 0 Å². The number of nitrogens with one attached hydrogen (secondary N) is 1. The number of β-amino-alcohol motifs (C(OH)–C–C–N with tert-alkyl or cyclic N) is 1. The Morgan fingerprint density at radius 2 is 1.96 bits per heavy atom. The second-order valence-corrected chi connectivity index (χ2v) is 6.21. The highest BCUT2D eigenvalue weighted by Crippen LogP contribution is 2.37. The van der Waals surface area contributed by atoms with Crippen LogP contribution in [-0.4, -0.2) is 66.9 Å². The highest BCUT2D eigenvalue weighted by molar-refractivity contribution is 9.10. The summed E-state index contributed by atoms with van der Waals surface area (Å²) in [5.41, 5.74) is -1.22. The van der Waals surface area contributed by atoms with E-state index in [4.69, 9.17) is 5.11 Å². The van der Waals surface area contributed by atoms with E-state index in [2.05, 4.69) is 30.7 Å². The van der Waals surface area contributed by atoms with Gasteiger partial charge in [-0.1, -0.05) is 0 Å². The van der Waals surface area contributed by atoms with Crippen LogP contribution in [0.4, 0.5) is 10.1 Å². The predicted molar refractivity (Wildman–Crippen MR) is 93.4 cm³/mol.